The molecule has 1 aromatic heterocycles. The quantitative estimate of drug-likeness (QED) is 0.756. The molecule has 2 unspecified atom stereocenters. The van der Waals surface area contributed by atoms with Gasteiger partial charge in [-0.25, -0.2) is 4.79 Å². The third-order valence-corrected chi connectivity index (χ3v) is 6.20. The Morgan fingerprint density at radius 2 is 2.14 bits per heavy atom. The first kappa shape index (κ1) is 18.7. The molecule has 0 N–H and O–H groups in total. The van der Waals surface area contributed by atoms with Gasteiger partial charge in [-0.15, -0.1) is 0 Å². The summed E-state index contributed by atoms with van der Waals surface area (Å²) in [5, 5.41) is 0. The molecule has 5 nitrogen and oxygen atoms in total. The Morgan fingerprint density at radius 1 is 1.29 bits per heavy atom. The molecule has 28 heavy (non-hydrogen) atoms. The normalized spacial score (nSPS) is 24.4. The second-order valence-electron chi connectivity index (χ2n) is 7.78. The summed E-state index contributed by atoms with van der Waals surface area (Å²) in [5.41, 5.74) is 3.02. The zero-order valence-corrected chi connectivity index (χ0v) is 16.6. The van der Waals surface area contributed by atoms with Gasteiger partial charge in [0.05, 0.1) is 12.7 Å². The molecular weight excluding hydrogens is 352 g/mol. The first-order valence-electron chi connectivity index (χ1n) is 9.72. The minimum absolute atomic E-state index is 0.0516. The van der Waals surface area contributed by atoms with Gasteiger partial charge in [-0.05, 0) is 68.8 Å². The van der Waals surface area contributed by atoms with Crippen LogP contribution in [0.2, 0.25) is 0 Å². The summed E-state index contributed by atoms with van der Waals surface area (Å²) in [5.74, 6) is 1.33. The Balaban J connectivity index is 1.61. The van der Waals surface area contributed by atoms with Crippen LogP contribution in [0.15, 0.2) is 54.6 Å². The number of ether oxygens (including phenoxy) is 2. The predicted molar refractivity (Wildman–Crippen MR) is 107 cm³/mol. The van der Waals surface area contributed by atoms with Crippen molar-refractivity contribution in [2.24, 2.45) is 0 Å². The molecule has 0 spiro atoms. The number of methoxy groups -OCH3 is 1. The van der Waals surface area contributed by atoms with Crippen molar-refractivity contribution in [1.82, 2.24) is 9.88 Å². The number of nitrogens with zero attached hydrogens (tertiary/aromatic N) is 2. The van der Waals surface area contributed by atoms with Crippen molar-refractivity contribution in [3.05, 3.63) is 71.3 Å². The largest absolute Gasteiger partial charge is 0.496 e. The Hall–Kier alpha value is -2.66. The number of hydrogen-bond donors (Lipinski definition) is 0. The van der Waals surface area contributed by atoms with Crippen molar-refractivity contribution in [2.45, 2.75) is 37.6 Å². The number of rotatable bonds is 4. The van der Waals surface area contributed by atoms with Gasteiger partial charge in [0.15, 0.2) is 0 Å². The molecule has 2 atom stereocenters. The number of esters is 1. The van der Waals surface area contributed by atoms with Crippen LogP contribution in [-0.4, -0.2) is 42.6 Å². The number of fused-ring (bicyclic) bond motifs is 1. The lowest BCUT2D eigenvalue weighted by Gasteiger charge is -2.40. The minimum Gasteiger partial charge on any atom is -0.496 e. The monoisotopic (exact) mass is 378 g/mol. The smallest absolute Gasteiger partial charge is 0.344 e. The van der Waals surface area contributed by atoms with Crippen LogP contribution < -0.4 is 4.74 Å². The van der Waals surface area contributed by atoms with Crippen LogP contribution in [0.1, 0.15) is 40.7 Å². The summed E-state index contributed by atoms with van der Waals surface area (Å²) in [6, 6.07) is 10.2. The highest BCUT2D eigenvalue weighted by Crippen LogP contribution is 2.48. The van der Waals surface area contributed by atoms with Gasteiger partial charge in [0.1, 0.15) is 11.5 Å². The number of likely N-dealkylation sites (N-methyl/N-ethyl adjacent to an activating group) is 1. The first-order valence-corrected chi connectivity index (χ1v) is 9.72. The molecule has 0 radical (unpaired) electrons. The topological polar surface area (TPSA) is 51.7 Å². The van der Waals surface area contributed by atoms with Crippen molar-refractivity contribution in [1.29, 1.82) is 0 Å². The maximum Gasteiger partial charge on any atom is 0.344 e. The van der Waals surface area contributed by atoms with Crippen molar-refractivity contribution >= 4 is 5.97 Å². The van der Waals surface area contributed by atoms with E-state index >= 15 is 0 Å². The molecule has 1 aromatic carbocycles. The maximum atomic E-state index is 12.4. The number of aryl methyl sites for hydroxylation is 1. The molecule has 0 saturated carbocycles. The van der Waals surface area contributed by atoms with E-state index in [0.29, 0.717) is 5.56 Å². The molecule has 1 saturated heterocycles. The summed E-state index contributed by atoms with van der Waals surface area (Å²) in [6.45, 7) is 3.11. The number of carbonyl (C=O) groups is 1. The predicted octanol–water partition coefficient (Wildman–Crippen LogP) is 3.88. The van der Waals surface area contributed by atoms with Crippen LogP contribution in [0, 0.1) is 6.92 Å². The molecule has 0 bridgehead atoms. The van der Waals surface area contributed by atoms with Crippen LogP contribution in [-0.2, 0) is 10.2 Å². The number of aromatic nitrogens is 1. The Morgan fingerprint density at radius 3 is 2.86 bits per heavy atom. The second kappa shape index (κ2) is 7.40. The number of likely N-dealkylation sites (tertiary alicyclic amines) is 1. The summed E-state index contributed by atoms with van der Waals surface area (Å²) in [6.07, 6.45) is 8.14. The van der Waals surface area contributed by atoms with E-state index in [1.54, 1.807) is 25.4 Å². The highest BCUT2D eigenvalue weighted by molar-refractivity contribution is 5.89. The third kappa shape index (κ3) is 3.20. The molecule has 1 fully saturated rings. The van der Waals surface area contributed by atoms with Gasteiger partial charge >= 0.3 is 5.97 Å². The Bertz CT molecular complexity index is 909. The third-order valence-electron chi connectivity index (χ3n) is 6.20. The summed E-state index contributed by atoms with van der Waals surface area (Å²) in [4.78, 5) is 18.8. The van der Waals surface area contributed by atoms with Gasteiger partial charge in [0.25, 0.3) is 0 Å². The fourth-order valence-electron chi connectivity index (χ4n) is 4.64. The summed E-state index contributed by atoms with van der Waals surface area (Å²) in [7, 11) is 3.85. The highest BCUT2D eigenvalue weighted by Gasteiger charge is 2.48. The summed E-state index contributed by atoms with van der Waals surface area (Å²) < 4.78 is 11.1. The first-order chi connectivity index (χ1) is 13.5. The number of carbonyl (C=O) groups excluding carboxylic acids is 1. The lowest BCUT2D eigenvalue weighted by molar-refractivity contribution is 0.0593. The van der Waals surface area contributed by atoms with Gasteiger partial charge in [0, 0.05) is 30.3 Å². The van der Waals surface area contributed by atoms with E-state index in [2.05, 4.69) is 48.1 Å². The van der Waals surface area contributed by atoms with Gasteiger partial charge in [0.2, 0.25) is 0 Å². The average molecular weight is 378 g/mol. The van der Waals surface area contributed by atoms with Crippen LogP contribution >= 0.6 is 0 Å². The molecule has 146 valence electrons. The van der Waals surface area contributed by atoms with Gasteiger partial charge in [-0.3, -0.25) is 9.88 Å². The molecular formula is C23H26N2O3. The molecule has 1 aliphatic heterocycles. The molecule has 1 aliphatic carbocycles. The lowest BCUT2D eigenvalue weighted by Crippen LogP contribution is -2.42. The second-order valence-corrected chi connectivity index (χ2v) is 7.78. The van der Waals surface area contributed by atoms with Crippen LogP contribution in [0.3, 0.4) is 0 Å². The van der Waals surface area contributed by atoms with Crippen molar-refractivity contribution in [2.75, 3.05) is 20.7 Å². The van der Waals surface area contributed by atoms with E-state index in [1.165, 1.54) is 11.8 Å². The highest BCUT2D eigenvalue weighted by atomic mass is 16.5. The van der Waals surface area contributed by atoms with E-state index in [9.17, 15) is 4.79 Å². The van der Waals surface area contributed by atoms with E-state index in [0.717, 1.165) is 42.9 Å². The minimum atomic E-state index is -0.340. The van der Waals surface area contributed by atoms with Gasteiger partial charge < -0.3 is 9.47 Å². The van der Waals surface area contributed by atoms with E-state index in [1.807, 2.05) is 0 Å². The summed E-state index contributed by atoms with van der Waals surface area (Å²) >= 11 is 0. The molecule has 5 heteroatoms. The van der Waals surface area contributed by atoms with Crippen molar-refractivity contribution < 1.29 is 14.3 Å². The van der Waals surface area contributed by atoms with Crippen LogP contribution in [0.4, 0.5) is 0 Å². The molecule has 2 heterocycles. The average Bonchev–Trinajstić information content (AvgIpc) is 3.06. The van der Waals surface area contributed by atoms with Gasteiger partial charge in [-0.1, -0.05) is 12.1 Å². The van der Waals surface area contributed by atoms with E-state index in [4.69, 9.17) is 9.47 Å². The molecule has 2 aromatic rings. The molecule has 2 aliphatic rings. The number of pyridine rings is 1. The van der Waals surface area contributed by atoms with Crippen LogP contribution in [0.5, 0.6) is 5.75 Å². The number of benzene rings is 1. The molecule has 0 amide bonds. The standard InChI is InChI=1S/C23H26N2O3/c1-16-13-18(6-7-20(16)27-3)23-9-8-19(14-21(23)25(2)12-10-23)28-22(26)17-5-4-11-24-15-17/h4-7,11,13-15,21H,8-10,12H2,1-3H3. The van der Waals surface area contributed by atoms with E-state index in [-0.39, 0.29) is 17.4 Å². The maximum absolute atomic E-state index is 12.4. The van der Waals surface area contributed by atoms with Crippen LogP contribution in [0.25, 0.3) is 0 Å². The zero-order valence-electron chi connectivity index (χ0n) is 16.6. The molecule has 4 rings (SSSR count). The Labute approximate surface area is 166 Å². The SMILES string of the molecule is COc1ccc(C23CCC(OC(=O)c4cccnc4)=CC2N(C)CC3)cc1C. The zero-order chi connectivity index (χ0) is 19.7. The van der Waals surface area contributed by atoms with Crippen molar-refractivity contribution in [3.63, 3.8) is 0 Å². The fraction of sp³-hybridized carbons (Fsp3) is 0.391. The van der Waals surface area contributed by atoms with E-state index < -0.39 is 0 Å². The number of allylic oxidation sites excluding steroid dienone is 1. The number of hydrogen-bond acceptors (Lipinski definition) is 5. The lowest BCUT2D eigenvalue weighted by atomic mass is 9.68. The Kier molecular flexibility index (Phi) is 4.94. The van der Waals surface area contributed by atoms with Crippen molar-refractivity contribution in [3.8, 4) is 5.75 Å². The van der Waals surface area contributed by atoms with Gasteiger partial charge in [-0.2, -0.15) is 0 Å². The fourth-order valence-corrected chi connectivity index (χ4v) is 4.64.